The van der Waals surface area contributed by atoms with Crippen molar-refractivity contribution in [3.63, 3.8) is 0 Å². The summed E-state index contributed by atoms with van der Waals surface area (Å²) in [5, 5.41) is 9.14. The first-order chi connectivity index (χ1) is 21.2. The molecule has 44 heavy (non-hydrogen) atoms. The predicted molar refractivity (Wildman–Crippen MR) is 167 cm³/mol. The van der Waals surface area contributed by atoms with Crippen molar-refractivity contribution in [3.05, 3.63) is 48.0 Å². The number of nitrogens with zero attached hydrogens (tertiary/aromatic N) is 2. The van der Waals surface area contributed by atoms with Gasteiger partial charge in [-0.3, -0.25) is 24.2 Å². The second kappa shape index (κ2) is 15.7. The van der Waals surface area contributed by atoms with E-state index < -0.39 is 17.5 Å². The molecule has 0 radical (unpaired) electrons. The van der Waals surface area contributed by atoms with Crippen molar-refractivity contribution in [3.8, 4) is 0 Å². The number of amides is 4. The standard InChI is InChI=1S/C32H47N7O5/c1-22(40)36-26(11-7-16-35-31(33)34)29(42)39-17-12-25-24(21-39)10-5-6-13-32(14-18-44-19-15-32)30(43)38-27(28(41)37-25)20-23-8-3-2-4-9-23/h2-6,8-9,24-27H,7,10-21H2,1H3,(H,36,40)(H,37,41)(H,38,43)(H4,33,34,35)/b6-5+/t24-,25+,26+,27-/m0/s1. The van der Waals surface area contributed by atoms with Gasteiger partial charge in [-0.05, 0) is 50.5 Å². The van der Waals surface area contributed by atoms with Crippen LogP contribution < -0.4 is 27.4 Å². The van der Waals surface area contributed by atoms with Crippen LogP contribution in [0.2, 0.25) is 0 Å². The van der Waals surface area contributed by atoms with E-state index in [0.29, 0.717) is 84.2 Å². The zero-order chi connectivity index (χ0) is 31.5. The van der Waals surface area contributed by atoms with E-state index in [1.54, 1.807) is 4.90 Å². The molecule has 1 spiro atoms. The Balaban J connectivity index is 1.53. The molecule has 2 fully saturated rings. The first kappa shape index (κ1) is 33.0. The van der Waals surface area contributed by atoms with Gasteiger partial charge < -0.3 is 37.1 Å². The molecule has 240 valence electrons. The number of likely N-dealkylation sites (tertiary alicyclic amines) is 1. The van der Waals surface area contributed by atoms with E-state index in [1.165, 1.54) is 6.92 Å². The molecule has 12 nitrogen and oxygen atoms in total. The summed E-state index contributed by atoms with van der Waals surface area (Å²) in [6, 6.07) is 8.09. The molecule has 4 rings (SSSR count). The lowest BCUT2D eigenvalue weighted by molar-refractivity contribution is -0.141. The topological polar surface area (TPSA) is 181 Å². The number of piperidine rings is 1. The van der Waals surface area contributed by atoms with Gasteiger partial charge in [-0.1, -0.05) is 42.5 Å². The molecule has 4 amide bonds. The number of hydrogen-bond acceptors (Lipinski definition) is 6. The van der Waals surface area contributed by atoms with Crippen LogP contribution in [0.25, 0.3) is 0 Å². The molecule has 0 unspecified atom stereocenters. The summed E-state index contributed by atoms with van der Waals surface area (Å²) in [7, 11) is 0. The van der Waals surface area contributed by atoms with E-state index in [-0.39, 0.29) is 41.5 Å². The van der Waals surface area contributed by atoms with Crippen molar-refractivity contribution in [2.75, 3.05) is 32.8 Å². The summed E-state index contributed by atoms with van der Waals surface area (Å²) in [5.74, 6) is -0.816. The molecule has 3 aliphatic heterocycles. The largest absolute Gasteiger partial charge is 0.381 e. The van der Waals surface area contributed by atoms with Gasteiger partial charge in [-0.25, -0.2) is 0 Å². The minimum atomic E-state index is -0.734. The molecule has 0 aromatic heterocycles. The van der Waals surface area contributed by atoms with Gasteiger partial charge in [0.15, 0.2) is 5.96 Å². The van der Waals surface area contributed by atoms with Crippen molar-refractivity contribution in [1.29, 1.82) is 0 Å². The smallest absolute Gasteiger partial charge is 0.245 e. The van der Waals surface area contributed by atoms with E-state index in [1.807, 2.05) is 30.3 Å². The number of carbonyl (C=O) groups excluding carboxylic acids is 4. The second-order valence-corrected chi connectivity index (χ2v) is 12.2. The number of rotatable bonds is 8. The highest BCUT2D eigenvalue weighted by atomic mass is 16.5. The first-order valence-corrected chi connectivity index (χ1v) is 15.7. The highest BCUT2D eigenvalue weighted by molar-refractivity contribution is 5.91. The van der Waals surface area contributed by atoms with Gasteiger partial charge in [0, 0.05) is 58.2 Å². The number of guanidine groups is 1. The summed E-state index contributed by atoms with van der Waals surface area (Å²) < 4.78 is 5.59. The highest BCUT2D eigenvalue weighted by Crippen LogP contribution is 2.36. The maximum Gasteiger partial charge on any atom is 0.245 e. The van der Waals surface area contributed by atoms with Crippen LogP contribution in [0, 0.1) is 11.3 Å². The Bertz CT molecular complexity index is 1210. The van der Waals surface area contributed by atoms with E-state index in [4.69, 9.17) is 16.2 Å². The molecule has 3 aliphatic rings. The molecule has 3 heterocycles. The molecule has 1 aromatic rings. The van der Waals surface area contributed by atoms with Crippen molar-refractivity contribution < 1.29 is 23.9 Å². The molecule has 12 heteroatoms. The Morgan fingerprint density at radius 2 is 1.89 bits per heavy atom. The third kappa shape index (κ3) is 9.04. The Morgan fingerprint density at radius 1 is 1.14 bits per heavy atom. The van der Waals surface area contributed by atoms with Crippen LogP contribution in [-0.4, -0.2) is 85.5 Å². The van der Waals surface area contributed by atoms with E-state index in [9.17, 15) is 19.2 Å². The van der Waals surface area contributed by atoms with Crippen LogP contribution >= 0.6 is 0 Å². The zero-order valence-corrected chi connectivity index (χ0v) is 25.6. The van der Waals surface area contributed by atoms with Crippen molar-refractivity contribution in [2.45, 2.75) is 76.4 Å². The number of nitrogens with one attached hydrogen (secondary N) is 3. The average molecular weight is 610 g/mol. The number of hydrogen-bond donors (Lipinski definition) is 5. The number of ether oxygens (including phenoxy) is 1. The average Bonchev–Trinajstić information content (AvgIpc) is 3.01. The minimum Gasteiger partial charge on any atom is -0.381 e. The quantitative estimate of drug-likeness (QED) is 0.125. The van der Waals surface area contributed by atoms with Crippen LogP contribution in [0.1, 0.15) is 57.4 Å². The van der Waals surface area contributed by atoms with Crippen LogP contribution in [0.5, 0.6) is 0 Å². The third-order valence-corrected chi connectivity index (χ3v) is 8.94. The summed E-state index contributed by atoms with van der Waals surface area (Å²) in [6.07, 6.45) is 8.40. The lowest BCUT2D eigenvalue weighted by Gasteiger charge is -2.41. The van der Waals surface area contributed by atoms with Crippen LogP contribution in [0.4, 0.5) is 0 Å². The predicted octanol–water partition coefficient (Wildman–Crippen LogP) is 0.752. The Kier molecular flexibility index (Phi) is 11.8. The number of aliphatic imine (C=N–C) groups is 1. The van der Waals surface area contributed by atoms with E-state index >= 15 is 0 Å². The van der Waals surface area contributed by atoms with Gasteiger partial charge >= 0.3 is 0 Å². The van der Waals surface area contributed by atoms with Crippen LogP contribution in [-0.2, 0) is 30.3 Å². The maximum atomic E-state index is 13.8. The van der Waals surface area contributed by atoms with Crippen molar-refractivity contribution in [2.24, 2.45) is 27.8 Å². The van der Waals surface area contributed by atoms with Gasteiger partial charge in [0.25, 0.3) is 0 Å². The Labute approximate surface area is 259 Å². The molecule has 0 aliphatic carbocycles. The van der Waals surface area contributed by atoms with Crippen molar-refractivity contribution >= 4 is 29.6 Å². The van der Waals surface area contributed by atoms with E-state index in [2.05, 4.69) is 33.1 Å². The molecule has 4 atom stereocenters. The van der Waals surface area contributed by atoms with Gasteiger partial charge in [-0.2, -0.15) is 0 Å². The second-order valence-electron chi connectivity index (χ2n) is 12.2. The lowest BCUT2D eigenvalue weighted by Crippen LogP contribution is -2.59. The first-order valence-electron chi connectivity index (χ1n) is 15.7. The Hall–Kier alpha value is -3.93. The molecule has 1 aromatic carbocycles. The summed E-state index contributed by atoms with van der Waals surface area (Å²) >= 11 is 0. The van der Waals surface area contributed by atoms with Crippen LogP contribution in [0.15, 0.2) is 47.5 Å². The number of nitrogens with two attached hydrogens (primary N) is 2. The van der Waals surface area contributed by atoms with Crippen molar-refractivity contribution in [1.82, 2.24) is 20.9 Å². The summed E-state index contributed by atoms with van der Waals surface area (Å²) in [5.41, 5.74) is 11.2. The fraction of sp³-hybridized carbons (Fsp3) is 0.594. The van der Waals surface area contributed by atoms with Crippen LogP contribution in [0.3, 0.4) is 0 Å². The number of fused-ring (bicyclic) bond motifs is 1. The molecule has 0 saturated carbocycles. The summed E-state index contributed by atoms with van der Waals surface area (Å²) in [4.78, 5) is 58.9. The third-order valence-electron chi connectivity index (χ3n) is 8.94. The fourth-order valence-electron chi connectivity index (χ4n) is 6.41. The highest BCUT2D eigenvalue weighted by Gasteiger charge is 2.42. The maximum absolute atomic E-state index is 13.8. The Morgan fingerprint density at radius 3 is 2.59 bits per heavy atom. The number of benzene rings is 1. The zero-order valence-electron chi connectivity index (χ0n) is 25.6. The normalized spacial score (nSPS) is 25.2. The van der Waals surface area contributed by atoms with Gasteiger partial charge in [0.1, 0.15) is 12.1 Å². The lowest BCUT2D eigenvalue weighted by atomic mass is 9.75. The molecule has 2 saturated heterocycles. The SMILES string of the molecule is CC(=O)N[C@H](CCCN=C(N)N)C(=O)N1CC[C@H]2NC(=O)[C@H](Cc3ccccc3)NC(=O)C3(C/C=C/C[C@H]2C1)CCOCC3. The fourth-order valence-corrected chi connectivity index (χ4v) is 6.41. The monoisotopic (exact) mass is 609 g/mol. The molecular weight excluding hydrogens is 562 g/mol. The van der Waals surface area contributed by atoms with Gasteiger partial charge in [0.2, 0.25) is 23.6 Å². The minimum absolute atomic E-state index is 0.0135. The van der Waals surface area contributed by atoms with E-state index in [0.717, 1.165) is 5.56 Å². The van der Waals surface area contributed by atoms with Gasteiger partial charge in [-0.15, -0.1) is 0 Å². The van der Waals surface area contributed by atoms with Gasteiger partial charge in [0.05, 0.1) is 5.41 Å². The molecule has 7 N–H and O–H groups in total. The summed E-state index contributed by atoms with van der Waals surface area (Å²) in [6.45, 7) is 3.63. The molecule has 0 bridgehead atoms. The molecular formula is C32H47N7O5. The number of allylic oxidation sites excluding steroid dienone is 2. The number of carbonyl (C=O) groups is 4.